The Morgan fingerprint density at radius 2 is 1.72 bits per heavy atom. The van der Waals surface area contributed by atoms with E-state index in [-0.39, 0.29) is 4.99 Å². The monoisotopic (exact) mass is 266 g/mol. The zero-order valence-corrected chi connectivity index (χ0v) is 12.4. The summed E-state index contributed by atoms with van der Waals surface area (Å²) < 4.78 is 0. The lowest BCUT2D eigenvalue weighted by molar-refractivity contribution is 0.548. The van der Waals surface area contributed by atoms with Crippen molar-refractivity contribution < 1.29 is 0 Å². The van der Waals surface area contributed by atoms with Crippen LogP contribution >= 0.6 is 12.2 Å². The number of anilines is 1. The molecule has 100 valence electrons. The Hall–Kier alpha value is -1.23. The van der Waals surface area contributed by atoms with Crippen molar-refractivity contribution in [1.29, 1.82) is 0 Å². The fraction of sp³-hybridized carbons (Fsp3) is 0.615. The molecule has 18 heavy (non-hydrogen) atoms. The van der Waals surface area contributed by atoms with E-state index >= 15 is 0 Å². The molecule has 0 fully saturated rings. The van der Waals surface area contributed by atoms with Gasteiger partial charge in [-0.15, -0.1) is 0 Å². The Bertz CT molecular complexity index is 376. The second kappa shape index (κ2) is 6.64. The highest BCUT2D eigenvalue weighted by molar-refractivity contribution is 7.80. The Labute approximate surface area is 115 Å². The highest BCUT2D eigenvalue weighted by Crippen LogP contribution is 2.13. The molecule has 0 bridgehead atoms. The fourth-order valence-corrected chi connectivity index (χ4v) is 1.86. The van der Waals surface area contributed by atoms with Crippen LogP contribution < -0.4 is 10.6 Å². The second-order valence-corrected chi connectivity index (χ2v) is 5.76. The quantitative estimate of drug-likeness (QED) is 0.800. The largest absolute Gasteiger partial charge is 0.388 e. The first-order valence-electron chi connectivity index (χ1n) is 6.27. The van der Waals surface area contributed by atoms with Gasteiger partial charge in [0.15, 0.2) is 0 Å². The van der Waals surface area contributed by atoms with Gasteiger partial charge in [-0.2, -0.15) is 0 Å². The van der Waals surface area contributed by atoms with Crippen molar-refractivity contribution in [2.45, 2.75) is 27.7 Å². The molecule has 1 heterocycles. The Balaban J connectivity index is 2.87. The normalized spacial score (nSPS) is 11.0. The Morgan fingerprint density at radius 1 is 1.17 bits per heavy atom. The zero-order valence-electron chi connectivity index (χ0n) is 11.6. The highest BCUT2D eigenvalue weighted by atomic mass is 32.1. The lowest BCUT2D eigenvalue weighted by Crippen LogP contribution is -2.32. The van der Waals surface area contributed by atoms with Crippen LogP contribution in [0.3, 0.4) is 0 Å². The zero-order chi connectivity index (χ0) is 13.7. The second-order valence-electron chi connectivity index (χ2n) is 5.32. The fourth-order valence-electron chi connectivity index (χ4n) is 1.75. The van der Waals surface area contributed by atoms with E-state index in [0.29, 0.717) is 17.5 Å². The number of hydrogen-bond donors (Lipinski definition) is 1. The van der Waals surface area contributed by atoms with Gasteiger partial charge in [-0.1, -0.05) is 39.9 Å². The molecule has 0 radical (unpaired) electrons. The predicted octanol–water partition coefficient (Wildman–Crippen LogP) is 2.23. The topological polar surface area (TPSA) is 55.0 Å². The van der Waals surface area contributed by atoms with Crippen molar-refractivity contribution in [3.05, 3.63) is 18.1 Å². The maximum atomic E-state index is 5.52. The maximum Gasteiger partial charge on any atom is 0.147 e. The smallest absolute Gasteiger partial charge is 0.147 e. The van der Waals surface area contributed by atoms with Gasteiger partial charge < -0.3 is 10.6 Å². The van der Waals surface area contributed by atoms with Crippen molar-refractivity contribution >= 4 is 23.0 Å². The van der Waals surface area contributed by atoms with Crippen LogP contribution in [0.1, 0.15) is 33.4 Å². The Kier molecular flexibility index (Phi) is 5.47. The van der Waals surface area contributed by atoms with Gasteiger partial charge in [0, 0.05) is 13.1 Å². The van der Waals surface area contributed by atoms with Crippen LogP contribution in [0.25, 0.3) is 0 Å². The van der Waals surface area contributed by atoms with E-state index in [4.69, 9.17) is 18.0 Å². The molecule has 0 spiro atoms. The molecule has 0 amide bonds. The van der Waals surface area contributed by atoms with Crippen LogP contribution in [0, 0.1) is 11.8 Å². The van der Waals surface area contributed by atoms with E-state index < -0.39 is 0 Å². The summed E-state index contributed by atoms with van der Waals surface area (Å²) in [5.41, 5.74) is 6.09. The van der Waals surface area contributed by atoms with Crippen molar-refractivity contribution in [3.63, 3.8) is 0 Å². The van der Waals surface area contributed by atoms with E-state index in [9.17, 15) is 0 Å². The molecule has 1 aromatic heterocycles. The summed E-state index contributed by atoms with van der Waals surface area (Å²) in [6, 6.07) is 0. The lowest BCUT2D eigenvalue weighted by Gasteiger charge is -2.27. The summed E-state index contributed by atoms with van der Waals surface area (Å²) in [6.45, 7) is 10.7. The first kappa shape index (κ1) is 14.8. The molecule has 1 aromatic rings. The van der Waals surface area contributed by atoms with E-state index in [0.717, 1.165) is 18.9 Å². The van der Waals surface area contributed by atoms with Gasteiger partial charge in [0.2, 0.25) is 0 Å². The molecule has 0 saturated heterocycles. The molecule has 0 saturated carbocycles. The number of rotatable bonds is 6. The SMILES string of the molecule is CC(C)CN(CC(C)C)c1cnc(C(N)=S)cn1. The van der Waals surface area contributed by atoms with E-state index in [1.54, 1.807) is 12.4 Å². The summed E-state index contributed by atoms with van der Waals surface area (Å²) in [5.74, 6) is 2.05. The average molecular weight is 266 g/mol. The van der Waals surface area contributed by atoms with E-state index in [1.807, 2.05) is 0 Å². The number of nitrogens with zero attached hydrogens (tertiary/aromatic N) is 3. The first-order valence-corrected chi connectivity index (χ1v) is 6.67. The van der Waals surface area contributed by atoms with Crippen LogP contribution in [0.2, 0.25) is 0 Å². The molecule has 0 unspecified atom stereocenters. The minimum Gasteiger partial charge on any atom is -0.388 e. The molecular weight excluding hydrogens is 244 g/mol. The first-order chi connectivity index (χ1) is 8.40. The van der Waals surface area contributed by atoms with Crippen molar-refractivity contribution in [1.82, 2.24) is 9.97 Å². The minimum atomic E-state index is 0.285. The molecule has 4 nitrogen and oxygen atoms in total. The van der Waals surface area contributed by atoms with Crippen LogP contribution in [0.4, 0.5) is 5.82 Å². The van der Waals surface area contributed by atoms with Crippen molar-refractivity contribution in [3.8, 4) is 0 Å². The van der Waals surface area contributed by atoms with Crippen LogP contribution in [0.15, 0.2) is 12.4 Å². The number of aromatic nitrogens is 2. The number of thiocarbonyl (C=S) groups is 1. The maximum absolute atomic E-state index is 5.52. The van der Waals surface area contributed by atoms with Gasteiger partial charge in [-0.25, -0.2) is 9.97 Å². The predicted molar refractivity (Wildman–Crippen MR) is 79.8 cm³/mol. The average Bonchev–Trinajstić information content (AvgIpc) is 2.27. The van der Waals surface area contributed by atoms with Gasteiger partial charge >= 0.3 is 0 Å². The van der Waals surface area contributed by atoms with E-state index in [2.05, 4.69) is 42.6 Å². The summed E-state index contributed by atoms with van der Waals surface area (Å²) in [6.07, 6.45) is 3.39. The minimum absolute atomic E-state index is 0.285. The molecule has 1 rings (SSSR count). The third kappa shape index (κ3) is 4.56. The lowest BCUT2D eigenvalue weighted by atomic mass is 10.1. The molecule has 0 aliphatic carbocycles. The molecule has 0 aliphatic heterocycles. The van der Waals surface area contributed by atoms with Crippen molar-refractivity contribution in [2.24, 2.45) is 17.6 Å². The summed E-state index contributed by atoms with van der Waals surface area (Å²) in [4.78, 5) is 11.2. The third-order valence-electron chi connectivity index (χ3n) is 2.39. The number of hydrogen-bond acceptors (Lipinski definition) is 4. The third-order valence-corrected chi connectivity index (χ3v) is 2.59. The van der Waals surface area contributed by atoms with Gasteiger partial charge in [0.25, 0.3) is 0 Å². The standard InChI is InChI=1S/C13H22N4S/c1-9(2)7-17(8-10(3)4)12-6-15-11(5-16-12)13(14)18/h5-6,9-10H,7-8H2,1-4H3,(H2,14,18). The van der Waals surface area contributed by atoms with Crippen LogP contribution in [-0.2, 0) is 0 Å². The highest BCUT2D eigenvalue weighted by Gasteiger charge is 2.12. The molecule has 5 heteroatoms. The molecule has 0 aliphatic rings. The molecular formula is C13H22N4S. The summed E-state index contributed by atoms with van der Waals surface area (Å²) in [7, 11) is 0. The molecule has 0 aromatic carbocycles. The summed E-state index contributed by atoms with van der Waals surface area (Å²) in [5, 5.41) is 0. The molecule has 0 atom stereocenters. The van der Waals surface area contributed by atoms with Crippen molar-refractivity contribution in [2.75, 3.05) is 18.0 Å². The van der Waals surface area contributed by atoms with Crippen LogP contribution in [0.5, 0.6) is 0 Å². The number of nitrogens with two attached hydrogens (primary N) is 1. The van der Waals surface area contributed by atoms with Gasteiger partial charge in [0.05, 0.1) is 12.4 Å². The summed E-state index contributed by atoms with van der Waals surface area (Å²) >= 11 is 4.87. The Morgan fingerprint density at radius 3 is 2.06 bits per heavy atom. The van der Waals surface area contributed by atoms with Crippen LogP contribution in [-0.4, -0.2) is 28.0 Å². The van der Waals surface area contributed by atoms with Gasteiger partial charge in [0.1, 0.15) is 16.5 Å². The van der Waals surface area contributed by atoms with Gasteiger partial charge in [-0.3, -0.25) is 0 Å². The molecule has 2 N–H and O–H groups in total. The van der Waals surface area contributed by atoms with E-state index in [1.165, 1.54) is 0 Å². The van der Waals surface area contributed by atoms with Gasteiger partial charge in [-0.05, 0) is 11.8 Å².